The zero-order valence-corrected chi connectivity index (χ0v) is 21.8. The molecule has 10 nitrogen and oxygen atoms in total. The van der Waals surface area contributed by atoms with Crippen molar-refractivity contribution < 1.29 is 9.47 Å². The number of aromatic nitrogens is 4. The Morgan fingerprint density at radius 1 is 1.08 bits per heavy atom. The summed E-state index contributed by atoms with van der Waals surface area (Å²) in [5, 5.41) is 8.49. The number of nitrogens with zero attached hydrogens (tertiary/aromatic N) is 5. The van der Waals surface area contributed by atoms with Crippen LogP contribution in [0.3, 0.4) is 0 Å². The van der Waals surface area contributed by atoms with Gasteiger partial charge in [0, 0.05) is 30.3 Å². The molecule has 0 atom stereocenters. The van der Waals surface area contributed by atoms with Gasteiger partial charge in [-0.1, -0.05) is 43.7 Å². The first-order valence-electron chi connectivity index (χ1n) is 12.4. The number of hydrogen-bond acceptors (Lipinski definition) is 8. The van der Waals surface area contributed by atoms with Gasteiger partial charge in [-0.05, 0) is 45.7 Å². The molecule has 10 heteroatoms. The summed E-state index contributed by atoms with van der Waals surface area (Å²) in [7, 11) is 0. The van der Waals surface area contributed by atoms with E-state index in [0.717, 1.165) is 47.6 Å². The summed E-state index contributed by atoms with van der Waals surface area (Å²) < 4.78 is 13.9. The fourth-order valence-electron chi connectivity index (χ4n) is 3.73. The lowest BCUT2D eigenvalue weighted by atomic mass is 10.0. The lowest BCUT2D eigenvalue weighted by molar-refractivity contribution is -0.189. The summed E-state index contributed by atoms with van der Waals surface area (Å²) in [6.45, 7) is 10.8. The lowest BCUT2D eigenvalue weighted by Crippen LogP contribution is -2.32. The van der Waals surface area contributed by atoms with Crippen molar-refractivity contribution in [2.45, 2.75) is 78.9 Å². The second-order valence-corrected chi connectivity index (χ2v) is 9.06. The molecule has 5 N–H and O–H groups in total. The third-order valence-electron chi connectivity index (χ3n) is 5.40. The molecule has 0 bridgehead atoms. The number of hydrazine groups is 1. The normalized spacial score (nSPS) is 12.2. The zero-order chi connectivity index (χ0) is 26.1. The van der Waals surface area contributed by atoms with Crippen molar-refractivity contribution in [2.75, 3.05) is 0 Å². The maximum absolute atomic E-state index is 5.98. The Kier molecular flexibility index (Phi) is 9.92. The molecule has 194 valence electrons. The predicted molar refractivity (Wildman–Crippen MR) is 141 cm³/mol. The minimum absolute atomic E-state index is 0.0151. The molecular formula is C26H38N8O2. The molecule has 0 aliphatic heterocycles. The average Bonchev–Trinajstić information content (AvgIpc) is 3.26. The molecule has 2 aromatic heterocycles. The van der Waals surface area contributed by atoms with Crippen LogP contribution in [0.2, 0.25) is 0 Å². The molecule has 3 aromatic rings. The number of unbranched alkanes of at least 4 members (excludes halogenated alkanes) is 1. The van der Waals surface area contributed by atoms with Gasteiger partial charge >= 0.3 is 0 Å². The van der Waals surface area contributed by atoms with Crippen molar-refractivity contribution in [1.29, 1.82) is 0 Å². The van der Waals surface area contributed by atoms with Gasteiger partial charge < -0.3 is 20.7 Å². The molecule has 0 spiro atoms. The Morgan fingerprint density at radius 3 is 2.39 bits per heavy atom. The molecule has 0 fully saturated rings. The number of ether oxygens (including phenoxy) is 2. The van der Waals surface area contributed by atoms with E-state index in [2.05, 4.69) is 17.5 Å². The Bertz CT molecular complexity index is 1120. The second kappa shape index (κ2) is 13.1. The Labute approximate surface area is 213 Å². The van der Waals surface area contributed by atoms with Crippen LogP contribution in [-0.4, -0.2) is 37.8 Å². The van der Waals surface area contributed by atoms with E-state index in [1.54, 1.807) is 0 Å². The zero-order valence-electron chi connectivity index (χ0n) is 21.8. The van der Waals surface area contributed by atoms with Crippen molar-refractivity contribution >= 4 is 5.84 Å². The fourth-order valence-corrected chi connectivity index (χ4v) is 3.73. The van der Waals surface area contributed by atoms with Crippen molar-refractivity contribution in [3.8, 4) is 11.3 Å². The van der Waals surface area contributed by atoms with Crippen LogP contribution in [0.4, 0.5) is 0 Å². The molecule has 0 saturated heterocycles. The molecule has 0 aliphatic carbocycles. The van der Waals surface area contributed by atoms with E-state index >= 15 is 0 Å². The second-order valence-electron chi connectivity index (χ2n) is 9.06. The minimum atomic E-state index is -0.613. The van der Waals surface area contributed by atoms with Crippen molar-refractivity contribution in [3.63, 3.8) is 0 Å². The van der Waals surface area contributed by atoms with E-state index < -0.39 is 6.29 Å². The number of rotatable bonds is 12. The van der Waals surface area contributed by atoms with E-state index in [-0.39, 0.29) is 12.2 Å². The largest absolute Gasteiger partial charge is 0.343 e. The number of pyridine rings is 1. The number of amidine groups is 1. The number of hydrazone groups is 1. The number of benzene rings is 1. The van der Waals surface area contributed by atoms with Crippen molar-refractivity contribution in [3.05, 3.63) is 65.4 Å². The first-order chi connectivity index (χ1) is 17.4. The lowest BCUT2D eigenvalue weighted by Gasteiger charge is -2.20. The van der Waals surface area contributed by atoms with Crippen molar-refractivity contribution in [2.24, 2.45) is 16.8 Å². The van der Waals surface area contributed by atoms with Crippen LogP contribution in [0.5, 0.6) is 0 Å². The third-order valence-corrected chi connectivity index (χ3v) is 5.40. The highest BCUT2D eigenvalue weighted by atomic mass is 16.7. The van der Waals surface area contributed by atoms with Crippen LogP contribution in [0.1, 0.15) is 76.5 Å². The van der Waals surface area contributed by atoms with E-state index in [9.17, 15) is 0 Å². The Morgan fingerprint density at radius 2 is 1.81 bits per heavy atom. The summed E-state index contributed by atoms with van der Waals surface area (Å²) in [4.78, 5) is 9.53. The van der Waals surface area contributed by atoms with Gasteiger partial charge in [0.2, 0.25) is 12.1 Å². The highest BCUT2D eigenvalue weighted by Crippen LogP contribution is 2.24. The smallest absolute Gasteiger partial charge is 0.221 e. The minimum Gasteiger partial charge on any atom is -0.343 e. The summed E-state index contributed by atoms with van der Waals surface area (Å²) >= 11 is 0. The fraction of sp³-hybridized carbons (Fsp3) is 0.462. The van der Waals surface area contributed by atoms with Gasteiger partial charge in [0.05, 0.1) is 17.9 Å². The molecule has 1 aromatic carbocycles. The van der Waals surface area contributed by atoms with Gasteiger partial charge in [-0.3, -0.25) is 4.98 Å². The molecule has 36 heavy (non-hydrogen) atoms. The van der Waals surface area contributed by atoms with Gasteiger partial charge in [-0.2, -0.15) is 10.2 Å². The molecular weight excluding hydrogens is 456 g/mol. The first kappa shape index (κ1) is 27.3. The van der Waals surface area contributed by atoms with E-state index in [1.165, 1.54) is 0 Å². The van der Waals surface area contributed by atoms with Crippen LogP contribution in [-0.2, 0) is 22.4 Å². The molecule has 0 aliphatic rings. The maximum atomic E-state index is 5.98. The summed E-state index contributed by atoms with van der Waals surface area (Å²) in [6, 6.07) is 11.7. The number of aryl methyl sites for hydroxylation is 1. The molecule has 0 unspecified atom stereocenters. The highest BCUT2D eigenvalue weighted by Gasteiger charge is 2.23. The van der Waals surface area contributed by atoms with Crippen LogP contribution < -0.4 is 17.1 Å². The SMILES string of the molecule is CCCCn1nc(C(OC(C)C)OC(C)C)nc1Cc1ccc(-c2ccccc2/C(=N/N)NN)nc1. The standard InChI is InChI=1S/C26H38N8O2/c1-6-7-14-34-23(30-25(33-34)26(35-17(2)3)36-18(4)5)15-19-12-13-22(29-16-19)20-10-8-9-11-21(20)24(31-27)32-28/h8-13,16-18,26H,6-7,14-15,27-28H2,1-5H3,(H,31,32). The monoisotopic (exact) mass is 494 g/mol. The van der Waals surface area contributed by atoms with Crippen LogP contribution in [0.15, 0.2) is 47.7 Å². The van der Waals surface area contributed by atoms with E-state index in [1.807, 2.05) is 75.0 Å². The van der Waals surface area contributed by atoms with Gasteiger partial charge in [0.25, 0.3) is 0 Å². The third kappa shape index (κ3) is 7.09. The topological polar surface area (TPSA) is 138 Å². The molecule has 0 saturated carbocycles. The quantitative estimate of drug-likeness (QED) is 0.114. The summed E-state index contributed by atoms with van der Waals surface area (Å²) in [5.74, 6) is 12.9. The van der Waals surface area contributed by atoms with E-state index in [0.29, 0.717) is 18.1 Å². The predicted octanol–water partition coefficient (Wildman–Crippen LogP) is 3.66. The Balaban J connectivity index is 1.88. The van der Waals surface area contributed by atoms with Crippen LogP contribution in [0.25, 0.3) is 11.3 Å². The molecule has 3 rings (SSSR count). The van der Waals surface area contributed by atoms with E-state index in [4.69, 9.17) is 36.2 Å². The highest BCUT2D eigenvalue weighted by molar-refractivity contribution is 6.03. The number of hydrogen-bond donors (Lipinski definition) is 3. The average molecular weight is 495 g/mol. The molecule has 0 radical (unpaired) electrons. The molecule has 2 heterocycles. The van der Waals surface area contributed by atoms with Crippen LogP contribution >= 0.6 is 0 Å². The van der Waals surface area contributed by atoms with Crippen LogP contribution in [0, 0.1) is 0 Å². The van der Waals surface area contributed by atoms with Gasteiger partial charge in [-0.25, -0.2) is 15.5 Å². The van der Waals surface area contributed by atoms with Gasteiger partial charge in [-0.15, -0.1) is 0 Å². The maximum Gasteiger partial charge on any atom is 0.221 e. The summed E-state index contributed by atoms with van der Waals surface area (Å²) in [6.07, 6.45) is 3.86. The summed E-state index contributed by atoms with van der Waals surface area (Å²) in [5.41, 5.74) is 5.99. The number of nitrogens with two attached hydrogens (primary N) is 2. The Hall–Kier alpha value is -3.34. The first-order valence-corrected chi connectivity index (χ1v) is 12.4. The van der Waals surface area contributed by atoms with Gasteiger partial charge in [0.15, 0.2) is 5.84 Å². The van der Waals surface area contributed by atoms with Crippen molar-refractivity contribution in [1.82, 2.24) is 25.2 Å². The number of nitrogens with one attached hydrogen (secondary N) is 1. The van der Waals surface area contributed by atoms with Gasteiger partial charge in [0.1, 0.15) is 5.82 Å². The molecule has 0 amide bonds.